The number of halogens is 1. The van der Waals surface area contributed by atoms with Crippen molar-refractivity contribution in [2.75, 3.05) is 23.4 Å². The molecule has 29 heavy (non-hydrogen) atoms. The van der Waals surface area contributed by atoms with Crippen LogP contribution in [0.25, 0.3) is 0 Å². The Morgan fingerprint density at radius 1 is 1.34 bits per heavy atom. The van der Waals surface area contributed by atoms with Gasteiger partial charge in [-0.15, -0.1) is 0 Å². The maximum Gasteiger partial charge on any atom is 0.259 e. The van der Waals surface area contributed by atoms with Crippen LogP contribution in [0.4, 0.5) is 15.8 Å². The number of carbonyl (C=O) groups is 2. The number of ether oxygens (including phenoxy) is 1. The van der Waals surface area contributed by atoms with Crippen LogP contribution < -0.4 is 16.0 Å². The van der Waals surface area contributed by atoms with E-state index < -0.39 is 29.8 Å². The van der Waals surface area contributed by atoms with Crippen LogP contribution in [0, 0.1) is 18.2 Å². The number of hydrogen-bond acceptors (Lipinski definition) is 5. The van der Waals surface area contributed by atoms with Gasteiger partial charge in [-0.2, -0.15) is 0 Å². The maximum atomic E-state index is 13.4. The molecule has 1 saturated heterocycles. The molecular formula is C20H21FN4O4. The van der Waals surface area contributed by atoms with E-state index in [1.54, 1.807) is 19.1 Å². The minimum atomic E-state index is -1.74. The minimum Gasteiger partial charge on any atom is -0.384 e. The molecule has 9 heteroatoms. The largest absolute Gasteiger partial charge is 0.384 e. The van der Waals surface area contributed by atoms with E-state index in [-0.39, 0.29) is 19.0 Å². The molecule has 1 aliphatic rings. The van der Waals surface area contributed by atoms with Gasteiger partial charge in [-0.05, 0) is 55.0 Å². The number of amidine groups is 1. The fraction of sp³-hybridized carbons (Fsp3) is 0.250. The molecular weight excluding hydrogens is 379 g/mol. The number of hydrogen-bond donors (Lipinski definition) is 4. The van der Waals surface area contributed by atoms with Crippen molar-refractivity contribution in [3.05, 3.63) is 59.4 Å². The number of carbonyl (C=O) groups excluding carboxylic acids is 2. The van der Waals surface area contributed by atoms with Crippen molar-refractivity contribution >= 4 is 29.0 Å². The van der Waals surface area contributed by atoms with Gasteiger partial charge in [-0.25, -0.2) is 4.39 Å². The molecule has 152 valence electrons. The van der Waals surface area contributed by atoms with Crippen molar-refractivity contribution in [1.82, 2.24) is 0 Å². The molecule has 1 heterocycles. The zero-order valence-corrected chi connectivity index (χ0v) is 15.7. The molecule has 0 spiro atoms. The molecule has 2 aromatic rings. The Morgan fingerprint density at radius 3 is 2.66 bits per heavy atom. The van der Waals surface area contributed by atoms with E-state index >= 15 is 0 Å². The summed E-state index contributed by atoms with van der Waals surface area (Å²) in [7, 11) is 0. The van der Waals surface area contributed by atoms with Crippen LogP contribution in [0.2, 0.25) is 0 Å². The average molecular weight is 400 g/mol. The maximum absolute atomic E-state index is 13.4. The SMILES string of the molecule is Cc1cc(F)ccc1N1CCOC([C@@H](O)C(=O)Nc2ccc(C(=N)N)cc2)C1=O. The summed E-state index contributed by atoms with van der Waals surface area (Å²) in [5, 5.41) is 20.3. The fourth-order valence-corrected chi connectivity index (χ4v) is 3.08. The fourth-order valence-electron chi connectivity index (χ4n) is 3.08. The molecule has 3 rings (SSSR count). The summed E-state index contributed by atoms with van der Waals surface area (Å²) >= 11 is 0. The highest BCUT2D eigenvalue weighted by Crippen LogP contribution is 2.25. The van der Waals surface area contributed by atoms with Gasteiger partial charge in [0.05, 0.1) is 6.61 Å². The summed E-state index contributed by atoms with van der Waals surface area (Å²) in [4.78, 5) is 26.6. The molecule has 1 unspecified atom stereocenters. The molecule has 1 aliphatic heterocycles. The number of amides is 2. The lowest BCUT2D eigenvalue weighted by Gasteiger charge is -2.34. The number of aliphatic hydroxyl groups is 1. The second-order valence-corrected chi connectivity index (χ2v) is 6.64. The van der Waals surface area contributed by atoms with E-state index in [1.165, 1.54) is 35.2 Å². The molecule has 5 N–H and O–H groups in total. The third-order valence-corrected chi connectivity index (χ3v) is 4.59. The van der Waals surface area contributed by atoms with Crippen LogP contribution in [-0.4, -0.2) is 48.1 Å². The smallest absolute Gasteiger partial charge is 0.259 e. The molecule has 2 amide bonds. The molecule has 0 bridgehead atoms. The molecule has 2 atom stereocenters. The first-order valence-electron chi connectivity index (χ1n) is 8.90. The van der Waals surface area contributed by atoms with Crippen molar-refractivity contribution in [3.8, 4) is 0 Å². The predicted octanol–water partition coefficient (Wildman–Crippen LogP) is 1.15. The van der Waals surface area contributed by atoms with Crippen LogP contribution in [0.3, 0.4) is 0 Å². The number of rotatable bonds is 5. The summed E-state index contributed by atoms with van der Waals surface area (Å²) in [6.45, 7) is 2.01. The van der Waals surface area contributed by atoms with Crippen LogP contribution in [0.5, 0.6) is 0 Å². The third kappa shape index (κ3) is 4.41. The summed E-state index contributed by atoms with van der Waals surface area (Å²) in [5.74, 6) is -1.92. The lowest BCUT2D eigenvalue weighted by molar-refractivity contribution is -0.150. The highest BCUT2D eigenvalue weighted by Gasteiger charge is 2.39. The number of nitrogens with one attached hydrogen (secondary N) is 2. The monoisotopic (exact) mass is 400 g/mol. The Hall–Kier alpha value is -3.30. The van der Waals surface area contributed by atoms with E-state index in [0.29, 0.717) is 22.5 Å². The second kappa shape index (κ2) is 8.38. The molecule has 0 aromatic heterocycles. The topological polar surface area (TPSA) is 129 Å². The van der Waals surface area contributed by atoms with E-state index in [2.05, 4.69) is 5.32 Å². The Balaban J connectivity index is 1.72. The van der Waals surface area contributed by atoms with Gasteiger partial charge in [0.25, 0.3) is 11.8 Å². The number of benzene rings is 2. The van der Waals surface area contributed by atoms with Crippen molar-refractivity contribution in [3.63, 3.8) is 0 Å². The number of aryl methyl sites for hydroxylation is 1. The van der Waals surface area contributed by atoms with Gasteiger partial charge in [0.2, 0.25) is 0 Å². The lowest BCUT2D eigenvalue weighted by Crippen LogP contribution is -2.55. The van der Waals surface area contributed by atoms with Gasteiger partial charge >= 0.3 is 0 Å². The Kier molecular flexibility index (Phi) is 5.90. The first-order chi connectivity index (χ1) is 13.8. The van der Waals surface area contributed by atoms with Gasteiger partial charge in [-0.3, -0.25) is 15.0 Å². The highest BCUT2D eigenvalue weighted by atomic mass is 19.1. The molecule has 0 aliphatic carbocycles. The van der Waals surface area contributed by atoms with Gasteiger partial charge in [0.15, 0.2) is 12.2 Å². The van der Waals surface area contributed by atoms with Gasteiger partial charge in [0, 0.05) is 23.5 Å². The molecule has 1 fully saturated rings. The summed E-state index contributed by atoms with van der Waals surface area (Å²) < 4.78 is 18.7. The van der Waals surface area contributed by atoms with Crippen LogP contribution in [-0.2, 0) is 14.3 Å². The standard InChI is InChI=1S/C20H21FN4O4/c1-11-10-13(21)4-7-15(11)25-8-9-29-17(20(25)28)16(26)19(27)24-14-5-2-12(3-6-14)18(22)23/h2-7,10,16-17,26H,8-9H2,1H3,(H3,22,23)(H,24,27)/t16-,17?/m1/s1. The predicted molar refractivity (Wildman–Crippen MR) is 105 cm³/mol. The Labute approximate surface area is 166 Å². The highest BCUT2D eigenvalue weighted by molar-refractivity contribution is 6.04. The zero-order valence-electron chi connectivity index (χ0n) is 15.7. The van der Waals surface area contributed by atoms with Crippen LogP contribution >= 0.6 is 0 Å². The van der Waals surface area contributed by atoms with E-state index in [9.17, 15) is 19.1 Å². The number of nitrogens with two attached hydrogens (primary N) is 1. The van der Waals surface area contributed by atoms with E-state index in [1.807, 2.05) is 0 Å². The number of aliphatic hydroxyl groups excluding tert-OH is 1. The molecule has 0 radical (unpaired) electrons. The minimum absolute atomic E-state index is 0.111. The number of nitrogens with zero attached hydrogens (tertiary/aromatic N) is 1. The van der Waals surface area contributed by atoms with Crippen LogP contribution in [0.15, 0.2) is 42.5 Å². The first kappa shape index (κ1) is 20.4. The van der Waals surface area contributed by atoms with Crippen molar-refractivity contribution < 1.29 is 23.8 Å². The third-order valence-electron chi connectivity index (χ3n) is 4.59. The van der Waals surface area contributed by atoms with Crippen molar-refractivity contribution in [2.24, 2.45) is 5.73 Å². The molecule has 0 saturated carbocycles. The molecule has 2 aromatic carbocycles. The van der Waals surface area contributed by atoms with E-state index in [0.717, 1.165) is 0 Å². The Morgan fingerprint density at radius 2 is 2.03 bits per heavy atom. The number of nitrogen functional groups attached to an aromatic ring is 1. The summed E-state index contributed by atoms with van der Waals surface area (Å²) in [6, 6.07) is 10.2. The number of anilines is 2. The second-order valence-electron chi connectivity index (χ2n) is 6.64. The van der Waals surface area contributed by atoms with Gasteiger partial charge in [-0.1, -0.05) is 0 Å². The average Bonchev–Trinajstić information content (AvgIpc) is 2.68. The van der Waals surface area contributed by atoms with Crippen LogP contribution in [0.1, 0.15) is 11.1 Å². The quantitative estimate of drug-likeness (QED) is 0.442. The summed E-state index contributed by atoms with van der Waals surface area (Å²) in [6.07, 6.45) is -3.12. The van der Waals surface area contributed by atoms with Crippen molar-refractivity contribution in [2.45, 2.75) is 19.1 Å². The first-order valence-corrected chi connectivity index (χ1v) is 8.90. The Bertz CT molecular complexity index is 948. The van der Waals surface area contributed by atoms with Gasteiger partial charge in [0.1, 0.15) is 11.7 Å². The normalized spacial score (nSPS) is 17.7. The van der Waals surface area contributed by atoms with E-state index in [4.69, 9.17) is 15.9 Å². The van der Waals surface area contributed by atoms with Crippen molar-refractivity contribution in [1.29, 1.82) is 5.41 Å². The zero-order chi connectivity index (χ0) is 21.1. The lowest BCUT2D eigenvalue weighted by atomic mass is 10.1. The number of morpholine rings is 1. The molecule has 8 nitrogen and oxygen atoms in total. The summed E-state index contributed by atoms with van der Waals surface area (Å²) in [5.41, 5.74) is 7.29. The van der Waals surface area contributed by atoms with Gasteiger partial charge < -0.3 is 25.8 Å².